The van der Waals surface area contributed by atoms with Crippen LogP contribution >= 0.6 is 0 Å². The molecule has 0 saturated heterocycles. The molecule has 0 fully saturated rings. The molecule has 1 aromatic carbocycles. The summed E-state index contributed by atoms with van der Waals surface area (Å²) in [4.78, 5) is 0. The van der Waals surface area contributed by atoms with E-state index in [2.05, 4.69) is 50.4 Å². The van der Waals surface area contributed by atoms with Gasteiger partial charge < -0.3 is 10.1 Å². The van der Waals surface area contributed by atoms with Crippen molar-refractivity contribution in [1.82, 2.24) is 5.32 Å². The van der Waals surface area contributed by atoms with Crippen molar-refractivity contribution in [3.8, 4) is 0 Å². The van der Waals surface area contributed by atoms with Crippen LogP contribution in [-0.2, 0) is 11.2 Å². The average Bonchev–Trinajstić information content (AvgIpc) is 2.39. The van der Waals surface area contributed by atoms with Crippen molar-refractivity contribution in [2.24, 2.45) is 5.92 Å². The SMILES string of the molecule is CCCNC(COCC)c1ccc(CC(C)C)cc1. The summed E-state index contributed by atoms with van der Waals surface area (Å²) in [6.07, 6.45) is 2.30. The Bertz CT molecular complexity index is 324. The zero-order chi connectivity index (χ0) is 14.1. The molecule has 1 aromatic rings. The molecule has 1 unspecified atom stereocenters. The first-order valence-corrected chi connectivity index (χ1v) is 7.57. The van der Waals surface area contributed by atoms with E-state index >= 15 is 0 Å². The highest BCUT2D eigenvalue weighted by Crippen LogP contribution is 2.16. The van der Waals surface area contributed by atoms with Crippen molar-refractivity contribution in [3.63, 3.8) is 0 Å². The molecule has 0 saturated carbocycles. The van der Waals surface area contributed by atoms with Crippen LogP contribution in [0.5, 0.6) is 0 Å². The molecule has 108 valence electrons. The van der Waals surface area contributed by atoms with Gasteiger partial charge in [0.15, 0.2) is 0 Å². The van der Waals surface area contributed by atoms with Gasteiger partial charge >= 0.3 is 0 Å². The second-order valence-electron chi connectivity index (χ2n) is 5.51. The standard InChI is InChI=1S/C17H29NO/c1-5-11-18-17(13-19-6-2)16-9-7-15(8-10-16)12-14(3)4/h7-10,14,17-18H,5-6,11-13H2,1-4H3. The van der Waals surface area contributed by atoms with Gasteiger partial charge in [-0.15, -0.1) is 0 Å². The molecule has 0 bridgehead atoms. The normalized spacial score (nSPS) is 12.9. The van der Waals surface area contributed by atoms with Crippen LogP contribution in [0.1, 0.15) is 51.3 Å². The van der Waals surface area contributed by atoms with E-state index in [4.69, 9.17) is 4.74 Å². The Morgan fingerprint density at radius 2 is 1.79 bits per heavy atom. The van der Waals surface area contributed by atoms with Crippen LogP contribution < -0.4 is 5.32 Å². The van der Waals surface area contributed by atoms with E-state index in [0.29, 0.717) is 12.0 Å². The summed E-state index contributed by atoms with van der Waals surface area (Å²) < 4.78 is 5.58. The van der Waals surface area contributed by atoms with Gasteiger partial charge in [-0.05, 0) is 43.4 Å². The predicted molar refractivity (Wildman–Crippen MR) is 82.5 cm³/mol. The number of ether oxygens (including phenoxy) is 1. The molecule has 1 N–H and O–H groups in total. The van der Waals surface area contributed by atoms with Gasteiger partial charge in [-0.3, -0.25) is 0 Å². The third-order valence-corrected chi connectivity index (χ3v) is 3.16. The van der Waals surface area contributed by atoms with Crippen molar-refractivity contribution in [2.45, 2.75) is 46.6 Å². The predicted octanol–water partition coefficient (Wildman–Crippen LogP) is 3.96. The average molecular weight is 263 g/mol. The summed E-state index contributed by atoms with van der Waals surface area (Å²) in [6, 6.07) is 9.30. The van der Waals surface area contributed by atoms with Crippen LogP contribution in [0, 0.1) is 5.92 Å². The van der Waals surface area contributed by atoms with E-state index < -0.39 is 0 Å². The third kappa shape index (κ3) is 6.22. The highest BCUT2D eigenvalue weighted by atomic mass is 16.5. The molecule has 0 aromatic heterocycles. The first-order chi connectivity index (χ1) is 9.17. The molecule has 0 aliphatic heterocycles. The second-order valence-corrected chi connectivity index (χ2v) is 5.51. The van der Waals surface area contributed by atoms with Gasteiger partial charge in [0.05, 0.1) is 12.6 Å². The molecule has 0 amide bonds. The Kier molecular flexibility index (Phi) is 7.76. The van der Waals surface area contributed by atoms with Crippen molar-refractivity contribution in [2.75, 3.05) is 19.8 Å². The van der Waals surface area contributed by atoms with Crippen molar-refractivity contribution >= 4 is 0 Å². The van der Waals surface area contributed by atoms with Gasteiger partial charge in [0, 0.05) is 6.61 Å². The molecular weight excluding hydrogens is 234 g/mol. The Morgan fingerprint density at radius 1 is 1.11 bits per heavy atom. The highest BCUT2D eigenvalue weighted by Gasteiger charge is 2.10. The second kappa shape index (κ2) is 9.11. The maximum atomic E-state index is 5.58. The van der Waals surface area contributed by atoms with Crippen LogP contribution in [0.15, 0.2) is 24.3 Å². The summed E-state index contributed by atoms with van der Waals surface area (Å²) in [7, 11) is 0. The minimum atomic E-state index is 0.313. The van der Waals surface area contributed by atoms with E-state index in [-0.39, 0.29) is 0 Å². The number of hydrogen-bond acceptors (Lipinski definition) is 2. The summed E-state index contributed by atoms with van der Waals surface area (Å²) in [5.74, 6) is 0.711. The van der Waals surface area contributed by atoms with Gasteiger partial charge in [0.2, 0.25) is 0 Å². The quantitative estimate of drug-likeness (QED) is 0.728. The molecule has 1 rings (SSSR count). The van der Waals surface area contributed by atoms with Crippen molar-refractivity contribution in [3.05, 3.63) is 35.4 Å². The smallest absolute Gasteiger partial charge is 0.0661 e. The molecule has 0 aliphatic carbocycles. The Hall–Kier alpha value is -0.860. The lowest BCUT2D eigenvalue weighted by atomic mass is 9.99. The topological polar surface area (TPSA) is 21.3 Å². The Morgan fingerprint density at radius 3 is 2.32 bits per heavy atom. The Labute approximate surface area is 118 Å². The summed E-state index contributed by atoms with van der Waals surface area (Å²) in [6.45, 7) is 11.3. The van der Waals surface area contributed by atoms with E-state index in [9.17, 15) is 0 Å². The van der Waals surface area contributed by atoms with Crippen molar-refractivity contribution < 1.29 is 4.74 Å². The van der Waals surface area contributed by atoms with E-state index in [0.717, 1.165) is 32.6 Å². The zero-order valence-corrected chi connectivity index (χ0v) is 12.9. The van der Waals surface area contributed by atoms with Crippen LogP contribution in [0.3, 0.4) is 0 Å². The first kappa shape index (κ1) is 16.2. The molecule has 0 heterocycles. The number of hydrogen-bond donors (Lipinski definition) is 1. The minimum Gasteiger partial charge on any atom is -0.380 e. The molecule has 0 aliphatic rings. The van der Waals surface area contributed by atoms with E-state index in [1.54, 1.807) is 0 Å². The largest absolute Gasteiger partial charge is 0.380 e. The van der Waals surface area contributed by atoms with Crippen LogP contribution in [0.2, 0.25) is 0 Å². The van der Waals surface area contributed by atoms with Crippen molar-refractivity contribution in [1.29, 1.82) is 0 Å². The Balaban J connectivity index is 2.66. The van der Waals surface area contributed by atoms with Gasteiger partial charge in [0.25, 0.3) is 0 Å². The molecule has 0 radical (unpaired) electrons. The van der Waals surface area contributed by atoms with Crippen LogP contribution in [0.4, 0.5) is 0 Å². The maximum Gasteiger partial charge on any atom is 0.0661 e. The monoisotopic (exact) mass is 263 g/mol. The number of benzene rings is 1. The lowest BCUT2D eigenvalue weighted by Crippen LogP contribution is -2.26. The maximum absolute atomic E-state index is 5.58. The number of nitrogens with one attached hydrogen (secondary N) is 1. The van der Waals surface area contributed by atoms with Gasteiger partial charge in [-0.25, -0.2) is 0 Å². The fourth-order valence-corrected chi connectivity index (χ4v) is 2.18. The van der Waals surface area contributed by atoms with Gasteiger partial charge in [0.1, 0.15) is 0 Å². The molecule has 2 heteroatoms. The molecule has 1 atom stereocenters. The van der Waals surface area contributed by atoms with Crippen LogP contribution in [-0.4, -0.2) is 19.8 Å². The fraction of sp³-hybridized carbons (Fsp3) is 0.647. The van der Waals surface area contributed by atoms with Crippen LogP contribution in [0.25, 0.3) is 0 Å². The lowest BCUT2D eigenvalue weighted by Gasteiger charge is -2.19. The first-order valence-electron chi connectivity index (χ1n) is 7.57. The summed E-state index contributed by atoms with van der Waals surface area (Å²) >= 11 is 0. The molecule has 0 spiro atoms. The fourth-order valence-electron chi connectivity index (χ4n) is 2.18. The molecule has 2 nitrogen and oxygen atoms in total. The van der Waals surface area contributed by atoms with E-state index in [1.165, 1.54) is 11.1 Å². The van der Waals surface area contributed by atoms with Gasteiger partial charge in [-0.2, -0.15) is 0 Å². The lowest BCUT2D eigenvalue weighted by molar-refractivity contribution is 0.123. The zero-order valence-electron chi connectivity index (χ0n) is 12.9. The summed E-state index contributed by atoms with van der Waals surface area (Å²) in [5.41, 5.74) is 2.75. The highest BCUT2D eigenvalue weighted by molar-refractivity contribution is 5.25. The van der Waals surface area contributed by atoms with E-state index in [1.807, 2.05) is 6.92 Å². The minimum absolute atomic E-state index is 0.313. The molecule has 19 heavy (non-hydrogen) atoms. The summed E-state index contributed by atoms with van der Waals surface area (Å²) in [5, 5.41) is 3.56. The third-order valence-electron chi connectivity index (χ3n) is 3.16. The molecular formula is C17H29NO. The van der Waals surface area contributed by atoms with Gasteiger partial charge in [-0.1, -0.05) is 45.0 Å². The number of rotatable bonds is 9.